The maximum atomic E-state index is 11.4. The summed E-state index contributed by atoms with van der Waals surface area (Å²) in [5.74, 6) is -1.50. The molecular formula is C21H26N4O6. The molecule has 4 rings (SSSR count). The summed E-state index contributed by atoms with van der Waals surface area (Å²) in [5.41, 5.74) is 3.71. The van der Waals surface area contributed by atoms with Crippen LogP contribution in [0.5, 0.6) is 0 Å². The number of aromatic nitrogens is 2. The Morgan fingerprint density at radius 3 is 2.42 bits per heavy atom. The fourth-order valence-corrected chi connectivity index (χ4v) is 4.11. The molecule has 0 aliphatic carbocycles. The molecule has 1 fully saturated rings. The first-order valence-corrected chi connectivity index (χ1v) is 10.2. The van der Waals surface area contributed by atoms with Gasteiger partial charge in [-0.3, -0.25) is 0 Å². The Labute approximate surface area is 179 Å². The molecule has 166 valence electrons. The zero-order valence-electron chi connectivity index (χ0n) is 17.3. The molecule has 2 aromatic rings. The van der Waals surface area contributed by atoms with Gasteiger partial charge in [-0.2, -0.15) is 0 Å². The summed E-state index contributed by atoms with van der Waals surface area (Å²) < 4.78 is 2.33. The number of nitrogens with zero attached hydrogens (tertiary/aromatic N) is 4. The van der Waals surface area contributed by atoms with E-state index in [-0.39, 0.29) is 6.04 Å². The fraction of sp³-hybridized carbons (Fsp3) is 0.429. The van der Waals surface area contributed by atoms with Gasteiger partial charge in [-0.05, 0) is 30.9 Å². The fourth-order valence-electron chi connectivity index (χ4n) is 4.11. The average molecular weight is 430 g/mol. The number of benzene rings is 1. The lowest BCUT2D eigenvalue weighted by Crippen LogP contribution is -2.55. The molecule has 31 heavy (non-hydrogen) atoms. The quantitative estimate of drug-likeness (QED) is 0.629. The van der Waals surface area contributed by atoms with E-state index in [4.69, 9.17) is 15.2 Å². The van der Waals surface area contributed by atoms with Crippen LogP contribution in [0.3, 0.4) is 0 Å². The molecule has 1 unspecified atom stereocenters. The lowest BCUT2D eigenvalue weighted by atomic mass is 10.0. The van der Waals surface area contributed by atoms with Crippen LogP contribution in [0.4, 0.5) is 10.7 Å². The summed E-state index contributed by atoms with van der Waals surface area (Å²) in [7, 11) is 0. The molecule has 0 radical (unpaired) electrons. The molecule has 0 spiro atoms. The van der Waals surface area contributed by atoms with Gasteiger partial charge in [0, 0.05) is 38.3 Å². The van der Waals surface area contributed by atoms with Crippen LogP contribution >= 0.6 is 0 Å². The molecule has 2 aliphatic rings. The van der Waals surface area contributed by atoms with Gasteiger partial charge in [0.25, 0.3) is 0 Å². The van der Waals surface area contributed by atoms with Crippen LogP contribution < -0.4 is 4.90 Å². The molecule has 2 aliphatic heterocycles. The number of imidazole rings is 1. The van der Waals surface area contributed by atoms with E-state index >= 15 is 0 Å². The number of carboxylic acids is 2. The van der Waals surface area contributed by atoms with Crippen molar-refractivity contribution < 1.29 is 29.7 Å². The third kappa shape index (κ3) is 4.96. The number of anilines is 1. The average Bonchev–Trinajstić information content (AvgIpc) is 3.13. The monoisotopic (exact) mass is 430 g/mol. The highest BCUT2D eigenvalue weighted by Gasteiger charge is 2.32. The minimum Gasteiger partial charge on any atom is -0.478 e. The maximum Gasteiger partial charge on any atom is 0.407 e. The summed E-state index contributed by atoms with van der Waals surface area (Å²) in [5, 5.41) is 25.0. The molecule has 1 atom stereocenters. The number of para-hydroxylation sites is 1. The SMILES string of the molecule is CCC1CN(c2nc3cccc4c3n2CCC4)CCN1C(=O)O.O=C(O)/C=C/C(=O)O. The number of carboxylic acid groups (broad SMARTS) is 3. The van der Waals surface area contributed by atoms with Crippen molar-refractivity contribution in [1.29, 1.82) is 0 Å². The lowest BCUT2D eigenvalue weighted by molar-refractivity contribution is -0.134. The van der Waals surface area contributed by atoms with Gasteiger partial charge in [-0.25, -0.2) is 19.4 Å². The second-order valence-corrected chi connectivity index (χ2v) is 7.45. The molecule has 1 aromatic carbocycles. The predicted molar refractivity (Wildman–Crippen MR) is 113 cm³/mol. The van der Waals surface area contributed by atoms with Crippen LogP contribution in [0.25, 0.3) is 11.0 Å². The number of carbonyl (C=O) groups is 3. The lowest BCUT2D eigenvalue weighted by Gasteiger charge is -2.40. The van der Waals surface area contributed by atoms with E-state index in [0.717, 1.165) is 43.8 Å². The first kappa shape index (κ1) is 22.1. The number of aryl methyl sites for hydroxylation is 2. The molecule has 0 bridgehead atoms. The molecule has 10 nitrogen and oxygen atoms in total. The van der Waals surface area contributed by atoms with E-state index in [1.807, 2.05) is 6.92 Å². The Kier molecular flexibility index (Phi) is 6.78. The normalized spacial score (nSPS) is 18.0. The van der Waals surface area contributed by atoms with E-state index in [1.165, 1.54) is 11.1 Å². The van der Waals surface area contributed by atoms with Gasteiger partial charge in [0.05, 0.1) is 17.1 Å². The number of hydrogen-bond acceptors (Lipinski definition) is 5. The molecule has 3 heterocycles. The standard InChI is InChI=1S/C17H22N4O2.C4H4O4/c1-2-13-11-19(9-10-20(13)17(22)23)16-18-14-7-3-5-12-6-4-8-21(16)15(12)14;5-3(6)1-2-4(7)8/h3,5,7,13H,2,4,6,8-11H2,1H3,(H,22,23);1-2H,(H,5,6)(H,7,8)/b;2-1+. The van der Waals surface area contributed by atoms with Crippen molar-refractivity contribution >= 4 is 35.0 Å². The highest BCUT2D eigenvalue weighted by atomic mass is 16.4. The van der Waals surface area contributed by atoms with Crippen LogP contribution in [-0.2, 0) is 22.6 Å². The second kappa shape index (κ2) is 9.50. The molecule has 1 saturated heterocycles. The summed E-state index contributed by atoms with van der Waals surface area (Å²) in [6.07, 6.45) is 3.39. The van der Waals surface area contributed by atoms with Gasteiger partial charge < -0.3 is 29.7 Å². The van der Waals surface area contributed by atoms with Gasteiger partial charge in [0.2, 0.25) is 5.95 Å². The van der Waals surface area contributed by atoms with Crippen molar-refractivity contribution in [2.45, 2.75) is 38.8 Å². The van der Waals surface area contributed by atoms with E-state index < -0.39 is 18.0 Å². The van der Waals surface area contributed by atoms with Crippen LogP contribution in [0.1, 0.15) is 25.3 Å². The van der Waals surface area contributed by atoms with Crippen LogP contribution in [-0.4, -0.2) is 73.5 Å². The van der Waals surface area contributed by atoms with E-state index in [1.54, 1.807) is 4.90 Å². The van der Waals surface area contributed by atoms with Crippen molar-refractivity contribution in [3.63, 3.8) is 0 Å². The van der Waals surface area contributed by atoms with Gasteiger partial charge >= 0.3 is 18.0 Å². The van der Waals surface area contributed by atoms with Crippen molar-refractivity contribution in [2.24, 2.45) is 0 Å². The smallest absolute Gasteiger partial charge is 0.407 e. The van der Waals surface area contributed by atoms with Crippen LogP contribution in [0.2, 0.25) is 0 Å². The number of hydrogen-bond donors (Lipinski definition) is 3. The molecule has 1 amide bonds. The van der Waals surface area contributed by atoms with Crippen LogP contribution in [0, 0.1) is 0 Å². The first-order valence-electron chi connectivity index (χ1n) is 10.2. The van der Waals surface area contributed by atoms with Crippen molar-refractivity contribution in [3.05, 3.63) is 35.9 Å². The number of piperazine rings is 1. The number of aliphatic carboxylic acids is 2. The van der Waals surface area contributed by atoms with Gasteiger partial charge in [-0.15, -0.1) is 0 Å². The van der Waals surface area contributed by atoms with Crippen molar-refractivity contribution in [2.75, 3.05) is 24.5 Å². The van der Waals surface area contributed by atoms with Gasteiger partial charge in [0.1, 0.15) is 0 Å². The van der Waals surface area contributed by atoms with E-state index in [0.29, 0.717) is 25.2 Å². The third-order valence-electron chi connectivity index (χ3n) is 5.51. The highest BCUT2D eigenvalue weighted by Crippen LogP contribution is 2.31. The minimum atomic E-state index is -1.26. The Balaban J connectivity index is 0.000000293. The molecule has 1 aromatic heterocycles. The third-order valence-corrected chi connectivity index (χ3v) is 5.51. The summed E-state index contributed by atoms with van der Waals surface area (Å²) in [6.45, 7) is 5.03. The zero-order valence-corrected chi connectivity index (χ0v) is 17.3. The highest BCUT2D eigenvalue weighted by molar-refractivity contribution is 5.89. The van der Waals surface area contributed by atoms with Crippen molar-refractivity contribution in [3.8, 4) is 0 Å². The Hall–Kier alpha value is -3.56. The Morgan fingerprint density at radius 2 is 1.81 bits per heavy atom. The Bertz CT molecular complexity index is 999. The minimum absolute atomic E-state index is 0.0388. The van der Waals surface area contributed by atoms with Crippen LogP contribution in [0.15, 0.2) is 30.4 Å². The Morgan fingerprint density at radius 1 is 1.10 bits per heavy atom. The predicted octanol–water partition coefficient (Wildman–Crippen LogP) is 2.27. The van der Waals surface area contributed by atoms with Gasteiger partial charge in [-0.1, -0.05) is 19.1 Å². The summed E-state index contributed by atoms with van der Waals surface area (Å²) >= 11 is 0. The largest absolute Gasteiger partial charge is 0.478 e. The second-order valence-electron chi connectivity index (χ2n) is 7.45. The topological polar surface area (TPSA) is 136 Å². The first-order chi connectivity index (χ1) is 14.8. The van der Waals surface area contributed by atoms with Crippen molar-refractivity contribution in [1.82, 2.24) is 14.5 Å². The molecule has 3 N–H and O–H groups in total. The van der Waals surface area contributed by atoms with E-state index in [9.17, 15) is 19.5 Å². The number of rotatable bonds is 4. The summed E-state index contributed by atoms with van der Waals surface area (Å²) in [4.78, 5) is 39.2. The zero-order chi connectivity index (χ0) is 22.5. The van der Waals surface area contributed by atoms with Gasteiger partial charge in [0.15, 0.2) is 0 Å². The molecular weight excluding hydrogens is 404 g/mol. The van der Waals surface area contributed by atoms with E-state index in [2.05, 4.69) is 27.7 Å². The number of amides is 1. The summed E-state index contributed by atoms with van der Waals surface area (Å²) in [6, 6.07) is 6.40. The maximum absolute atomic E-state index is 11.4. The molecule has 10 heteroatoms. The molecule has 0 saturated carbocycles.